The van der Waals surface area contributed by atoms with Crippen LogP contribution in [0.1, 0.15) is 31.0 Å². The van der Waals surface area contributed by atoms with Crippen LogP contribution < -0.4 is 10.1 Å². The van der Waals surface area contributed by atoms with Crippen molar-refractivity contribution in [1.82, 2.24) is 19.8 Å². The van der Waals surface area contributed by atoms with Crippen molar-refractivity contribution in [3.05, 3.63) is 41.7 Å². The summed E-state index contributed by atoms with van der Waals surface area (Å²) in [5.41, 5.74) is 1.22. The van der Waals surface area contributed by atoms with Crippen LogP contribution in [0.25, 0.3) is 0 Å². The van der Waals surface area contributed by atoms with Gasteiger partial charge in [-0.05, 0) is 37.5 Å². The summed E-state index contributed by atoms with van der Waals surface area (Å²) in [5, 5.41) is 2.78. The third-order valence-corrected chi connectivity index (χ3v) is 7.20. The molecule has 1 saturated heterocycles. The fourth-order valence-electron chi connectivity index (χ4n) is 3.95. The second kappa shape index (κ2) is 12.2. The average Bonchev–Trinajstić information content (AvgIpc) is 3.47. The number of rotatable bonds is 12. The van der Waals surface area contributed by atoms with E-state index in [1.807, 2.05) is 6.92 Å². The molecule has 2 aromatic rings. The van der Waals surface area contributed by atoms with Gasteiger partial charge in [-0.1, -0.05) is 12.1 Å². The van der Waals surface area contributed by atoms with Crippen LogP contribution in [0.3, 0.4) is 0 Å². The Hall–Kier alpha value is -2.63. The Labute approximate surface area is 201 Å². The molecule has 1 aliphatic rings. The van der Waals surface area contributed by atoms with E-state index in [1.54, 1.807) is 40.8 Å². The van der Waals surface area contributed by atoms with E-state index < -0.39 is 9.84 Å². The van der Waals surface area contributed by atoms with E-state index in [-0.39, 0.29) is 29.6 Å². The standard InChI is InChI=1S/C23H34N4O6S/c1-4-24-22(28)26(16-21-9-6-11-33-21)15-19-14-25-23(27(19)10-12-31-2)34(29,30)17-18-7-5-8-20(13-18)32-3/h5,7-8,13-14,21H,4,6,9-12,15-17H2,1-3H3,(H,24,28)/t21-/m0/s1. The maximum atomic E-state index is 13.3. The highest BCUT2D eigenvalue weighted by molar-refractivity contribution is 7.90. The predicted molar refractivity (Wildman–Crippen MR) is 126 cm³/mol. The number of ether oxygens (including phenoxy) is 3. The Kier molecular flexibility index (Phi) is 9.31. The second-order valence-corrected chi connectivity index (χ2v) is 10.0. The van der Waals surface area contributed by atoms with Crippen LogP contribution in [-0.4, -0.2) is 75.5 Å². The fourth-order valence-corrected chi connectivity index (χ4v) is 5.45. The van der Waals surface area contributed by atoms with Crippen molar-refractivity contribution in [3.63, 3.8) is 0 Å². The molecule has 2 heterocycles. The van der Waals surface area contributed by atoms with Crippen LogP contribution >= 0.6 is 0 Å². The lowest BCUT2D eigenvalue weighted by Crippen LogP contribution is -2.43. The number of methoxy groups -OCH3 is 2. The Morgan fingerprint density at radius 1 is 1.35 bits per heavy atom. The second-order valence-electron chi connectivity index (χ2n) is 8.14. The number of nitrogens with one attached hydrogen (secondary N) is 1. The van der Waals surface area contributed by atoms with Gasteiger partial charge in [-0.3, -0.25) is 0 Å². The van der Waals surface area contributed by atoms with Crippen molar-refractivity contribution in [2.75, 3.05) is 40.5 Å². The zero-order valence-corrected chi connectivity index (χ0v) is 20.8. The normalized spacial score (nSPS) is 15.9. The summed E-state index contributed by atoms with van der Waals surface area (Å²) < 4.78 is 44.4. The molecule has 0 bridgehead atoms. The van der Waals surface area contributed by atoms with E-state index in [1.165, 1.54) is 13.3 Å². The molecular formula is C23H34N4O6S. The van der Waals surface area contributed by atoms with Gasteiger partial charge >= 0.3 is 6.03 Å². The topological polar surface area (TPSA) is 112 Å². The average molecular weight is 495 g/mol. The Morgan fingerprint density at radius 3 is 2.85 bits per heavy atom. The van der Waals surface area contributed by atoms with Gasteiger partial charge in [-0.25, -0.2) is 18.2 Å². The van der Waals surface area contributed by atoms with E-state index in [0.29, 0.717) is 49.9 Å². The van der Waals surface area contributed by atoms with Crippen molar-refractivity contribution >= 4 is 15.9 Å². The number of hydrogen-bond donors (Lipinski definition) is 1. The summed E-state index contributed by atoms with van der Waals surface area (Å²) in [6.45, 7) is 4.26. The monoisotopic (exact) mass is 494 g/mol. The molecule has 0 radical (unpaired) electrons. The quantitative estimate of drug-likeness (QED) is 0.481. The fraction of sp³-hybridized carbons (Fsp3) is 0.565. The SMILES string of the molecule is CCNC(=O)N(Cc1cnc(S(=O)(=O)Cc2cccc(OC)c2)n1CCOC)C[C@@H]1CCCO1. The summed E-state index contributed by atoms with van der Waals surface area (Å²) >= 11 is 0. The third-order valence-electron chi connectivity index (χ3n) is 5.61. The highest BCUT2D eigenvalue weighted by Gasteiger charge is 2.27. The molecule has 0 spiro atoms. The molecule has 1 fully saturated rings. The Balaban J connectivity index is 1.88. The molecule has 2 amide bonds. The molecule has 188 valence electrons. The van der Waals surface area contributed by atoms with Gasteiger partial charge in [0.2, 0.25) is 15.0 Å². The lowest BCUT2D eigenvalue weighted by atomic mass is 10.2. The van der Waals surface area contributed by atoms with E-state index in [0.717, 1.165) is 12.8 Å². The summed E-state index contributed by atoms with van der Waals surface area (Å²) in [5.74, 6) is 0.367. The van der Waals surface area contributed by atoms with Gasteiger partial charge in [0.25, 0.3) is 0 Å². The number of amides is 2. The van der Waals surface area contributed by atoms with Gasteiger partial charge in [-0.2, -0.15) is 0 Å². The van der Waals surface area contributed by atoms with Crippen molar-refractivity contribution in [3.8, 4) is 5.75 Å². The molecule has 10 nitrogen and oxygen atoms in total. The summed E-state index contributed by atoms with van der Waals surface area (Å²) in [7, 11) is -0.679. The highest BCUT2D eigenvalue weighted by atomic mass is 32.2. The molecular weight excluding hydrogens is 460 g/mol. The number of urea groups is 1. The number of sulfone groups is 1. The number of carbonyl (C=O) groups excluding carboxylic acids is 1. The smallest absolute Gasteiger partial charge is 0.317 e. The maximum Gasteiger partial charge on any atom is 0.317 e. The van der Waals surface area contributed by atoms with E-state index in [2.05, 4.69) is 10.3 Å². The Bertz CT molecular complexity index is 1050. The van der Waals surface area contributed by atoms with Gasteiger partial charge in [0, 0.05) is 33.4 Å². The molecule has 1 aliphatic heterocycles. The maximum absolute atomic E-state index is 13.3. The first kappa shape index (κ1) is 26.0. The lowest BCUT2D eigenvalue weighted by molar-refractivity contribution is 0.0787. The first-order valence-electron chi connectivity index (χ1n) is 11.4. The molecule has 3 rings (SSSR count). The molecule has 1 N–H and O–H groups in total. The third kappa shape index (κ3) is 6.71. The predicted octanol–water partition coefficient (Wildman–Crippen LogP) is 2.22. The summed E-state index contributed by atoms with van der Waals surface area (Å²) in [4.78, 5) is 18.7. The largest absolute Gasteiger partial charge is 0.497 e. The minimum atomic E-state index is -3.77. The number of carbonyl (C=O) groups is 1. The minimum Gasteiger partial charge on any atom is -0.497 e. The van der Waals surface area contributed by atoms with Crippen LogP contribution in [0.15, 0.2) is 35.6 Å². The molecule has 0 unspecified atom stereocenters. The zero-order chi connectivity index (χ0) is 24.6. The lowest BCUT2D eigenvalue weighted by Gasteiger charge is -2.26. The highest BCUT2D eigenvalue weighted by Crippen LogP contribution is 2.22. The van der Waals surface area contributed by atoms with Crippen LogP contribution in [0.5, 0.6) is 5.75 Å². The first-order valence-corrected chi connectivity index (χ1v) is 13.1. The number of imidazole rings is 1. The first-order chi connectivity index (χ1) is 16.4. The van der Waals surface area contributed by atoms with Gasteiger partial charge in [-0.15, -0.1) is 0 Å². The zero-order valence-electron chi connectivity index (χ0n) is 20.0. The molecule has 0 aliphatic carbocycles. The number of aromatic nitrogens is 2. The van der Waals surface area contributed by atoms with Crippen molar-refractivity contribution < 1.29 is 27.4 Å². The van der Waals surface area contributed by atoms with Gasteiger partial charge < -0.3 is 29.0 Å². The van der Waals surface area contributed by atoms with E-state index in [9.17, 15) is 13.2 Å². The van der Waals surface area contributed by atoms with Crippen LogP contribution in [0.4, 0.5) is 4.79 Å². The van der Waals surface area contributed by atoms with Crippen molar-refractivity contribution in [2.45, 2.75) is 49.9 Å². The van der Waals surface area contributed by atoms with Gasteiger partial charge in [0.05, 0.1) is 44.0 Å². The van der Waals surface area contributed by atoms with Crippen molar-refractivity contribution in [1.29, 1.82) is 0 Å². The molecule has 1 atom stereocenters. The molecule has 11 heteroatoms. The Morgan fingerprint density at radius 2 is 2.18 bits per heavy atom. The number of benzene rings is 1. The summed E-state index contributed by atoms with van der Waals surface area (Å²) in [6, 6.07) is 6.72. The number of nitrogens with zero attached hydrogens (tertiary/aromatic N) is 3. The van der Waals surface area contributed by atoms with E-state index >= 15 is 0 Å². The van der Waals surface area contributed by atoms with Crippen LogP contribution in [0, 0.1) is 0 Å². The van der Waals surface area contributed by atoms with Crippen LogP contribution in [0.2, 0.25) is 0 Å². The minimum absolute atomic E-state index is 0.0331. The number of hydrogen-bond acceptors (Lipinski definition) is 7. The molecule has 34 heavy (non-hydrogen) atoms. The molecule has 0 saturated carbocycles. The van der Waals surface area contributed by atoms with Gasteiger partial charge in [0.15, 0.2) is 0 Å². The van der Waals surface area contributed by atoms with E-state index in [4.69, 9.17) is 14.2 Å². The van der Waals surface area contributed by atoms with Crippen molar-refractivity contribution in [2.24, 2.45) is 0 Å². The van der Waals surface area contributed by atoms with Crippen LogP contribution in [-0.2, 0) is 38.2 Å². The molecule has 1 aromatic carbocycles. The summed E-state index contributed by atoms with van der Waals surface area (Å²) in [6.07, 6.45) is 3.34. The van der Waals surface area contributed by atoms with Gasteiger partial charge in [0.1, 0.15) is 5.75 Å². The molecule has 1 aromatic heterocycles.